The second kappa shape index (κ2) is 5.48. The molecular weight excluding hydrogens is 278 g/mol. The molecule has 0 amide bonds. The summed E-state index contributed by atoms with van der Waals surface area (Å²) in [4.78, 5) is 9.55. The average molecular weight is 287 g/mol. The standard InChI is InChI=1S/C8H9Cl2O3PS/c1-2-12-14(11,15)13-8-4-3-6(9)5-7(8)10/h3-5H,2H2,1H3,(H,11,15). The van der Waals surface area contributed by atoms with Gasteiger partial charge in [0.1, 0.15) is 5.75 Å². The van der Waals surface area contributed by atoms with Crippen molar-refractivity contribution in [1.29, 1.82) is 0 Å². The molecule has 0 aliphatic carbocycles. The Bertz CT molecular complexity index is 399. The fraction of sp³-hybridized carbons (Fsp3) is 0.250. The Balaban J connectivity index is 2.85. The third-order valence-electron chi connectivity index (χ3n) is 1.40. The summed E-state index contributed by atoms with van der Waals surface area (Å²) in [5, 5.41) is 0.764. The largest absolute Gasteiger partial charge is 0.423 e. The maximum absolute atomic E-state index is 9.55. The van der Waals surface area contributed by atoms with Gasteiger partial charge in [-0.05, 0) is 25.1 Å². The molecule has 0 saturated carbocycles. The minimum Gasteiger partial charge on any atom is -0.423 e. The van der Waals surface area contributed by atoms with Gasteiger partial charge in [0.05, 0.1) is 11.6 Å². The van der Waals surface area contributed by atoms with Gasteiger partial charge >= 0.3 is 6.72 Å². The maximum atomic E-state index is 9.55. The molecule has 1 rings (SSSR count). The van der Waals surface area contributed by atoms with E-state index in [1.54, 1.807) is 13.0 Å². The van der Waals surface area contributed by atoms with Crippen LogP contribution in [-0.4, -0.2) is 11.5 Å². The number of rotatable bonds is 4. The molecule has 1 unspecified atom stereocenters. The van der Waals surface area contributed by atoms with E-state index >= 15 is 0 Å². The van der Waals surface area contributed by atoms with Crippen LogP contribution in [0.2, 0.25) is 10.0 Å². The zero-order valence-electron chi connectivity index (χ0n) is 7.81. The van der Waals surface area contributed by atoms with Crippen molar-refractivity contribution in [2.24, 2.45) is 0 Å². The average Bonchev–Trinajstić information content (AvgIpc) is 2.09. The molecule has 0 radical (unpaired) electrons. The van der Waals surface area contributed by atoms with Gasteiger partial charge in [0.25, 0.3) is 0 Å². The summed E-state index contributed by atoms with van der Waals surface area (Å²) in [5.74, 6) is 0.264. The highest BCUT2D eigenvalue weighted by Crippen LogP contribution is 2.46. The fourth-order valence-corrected chi connectivity index (χ4v) is 2.71. The van der Waals surface area contributed by atoms with Crippen molar-refractivity contribution < 1.29 is 13.9 Å². The highest BCUT2D eigenvalue weighted by Gasteiger charge is 2.17. The molecule has 84 valence electrons. The van der Waals surface area contributed by atoms with Crippen molar-refractivity contribution in [2.45, 2.75) is 6.92 Å². The Hall–Kier alpha value is 0.170. The second-order valence-corrected chi connectivity index (χ2v) is 6.16. The van der Waals surface area contributed by atoms with Gasteiger partial charge in [-0.1, -0.05) is 23.2 Å². The van der Waals surface area contributed by atoms with Crippen molar-refractivity contribution in [3.05, 3.63) is 28.2 Å². The van der Waals surface area contributed by atoms with Crippen molar-refractivity contribution in [3.8, 4) is 5.75 Å². The quantitative estimate of drug-likeness (QED) is 0.858. The van der Waals surface area contributed by atoms with Gasteiger partial charge < -0.3 is 9.42 Å². The molecule has 7 heteroatoms. The summed E-state index contributed by atoms with van der Waals surface area (Å²) in [6, 6.07) is 4.62. The SMILES string of the molecule is CCOP(O)(=S)Oc1ccc(Cl)cc1Cl. The van der Waals surface area contributed by atoms with Crippen molar-refractivity contribution >= 4 is 41.7 Å². The Morgan fingerprint density at radius 1 is 1.47 bits per heavy atom. The highest BCUT2D eigenvalue weighted by molar-refractivity contribution is 8.07. The zero-order valence-corrected chi connectivity index (χ0v) is 11.0. The first kappa shape index (κ1) is 13.2. The Morgan fingerprint density at radius 2 is 2.13 bits per heavy atom. The number of halogens is 2. The van der Waals surface area contributed by atoms with Crippen LogP contribution in [0.25, 0.3) is 0 Å². The summed E-state index contributed by atoms with van der Waals surface area (Å²) in [6.45, 7) is -1.26. The molecular formula is C8H9Cl2O3PS. The molecule has 0 saturated heterocycles. The second-order valence-electron chi connectivity index (χ2n) is 2.55. The molecule has 3 nitrogen and oxygen atoms in total. The lowest BCUT2D eigenvalue weighted by molar-refractivity contribution is 0.271. The van der Waals surface area contributed by atoms with Crippen LogP contribution in [0.4, 0.5) is 0 Å². The van der Waals surface area contributed by atoms with Gasteiger partial charge in [0.15, 0.2) is 0 Å². The summed E-state index contributed by atoms with van der Waals surface area (Å²) >= 11 is 16.3. The van der Waals surface area contributed by atoms with E-state index in [1.807, 2.05) is 0 Å². The number of hydrogen-bond donors (Lipinski definition) is 1. The maximum Gasteiger partial charge on any atom is 0.377 e. The van der Waals surface area contributed by atoms with Crippen LogP contribution in [-0.2, 0) is 16.3 Å². The molecule has 0 spiro atoms. The number of benzene rings is 1. The third-order valence-corrected chi connectivity index (χ3v) is 3.48. The molecule has 0 heterocycles. The van der Waals surface area contributed by atoms with E-state index in [9.17, 15) is 4.89 Å². The highest BCUT2D eigenvalue weighted by atomic mass is 35.5. The molecule has 0 aliphatic rings. The van der Waals surface area contributed by atoms with E-state index in [1.165, 1.54) is 12.1 Å². The molecule has 0 aliphatic heterocycles. The van der Waals surface area contributed by atoms with Crippen LogP contribution in [0, 0.1) is 0 Å². The Morgan fingerprint density at radius 3 is 2.67 bits per heavy atom. The lowest BCUT2D eigenvalue weighted by atomic mass is 10.3. The molecule has 15 heavy (non-hydrogen) atoms. The first-order chi connectivity index (χ1) is 6.94. The number of hydrogen-bond acceptors (Lipinski definition) is 3. The zero-order chi connectivity index (χ0) is 11.5. The first-order valence-corrected chi connectivity index (χ1v) is 7.41. The van der Waals surface area contributed by atoms with Gasteiger partial charge in [-0.15, -0.1) is 0 Å². The Kier molecular flexibility index (Phi) is 4.84. The minimum absolute atomic E-state index is 0.264. The summed E-state index contributed by atoms with van der Waals surface area (Å²) in [5.41, 5.74) is 0. The monoisotopic (exact) mass is 286 g/mol. The molecule has 1 N–H and O–H groups in total. The molecule has 0 bridgehead atoms. The van der Waals surface area contributed by atoms with Crippen LogP contribution in [0.1, 0.15) is 6.92 Å². The van der Waals surface area contributed by atoms with Crippen molar-refractivity contribution in [1.82, 2.24) is 0 Å². The summed E-state index contributed by atoms with van der Waals surface area (Å²) in [7, 11) is 0. The summed E-state index contributed by atoms with van der Waals surface area (Å²) < 4.78 is 9.98. The fourth-order valence-electron chi connectivity index (χ4n) is 0.863. The van der Waals surface area contributed by atoms with Gasteiger partial charge in [0, 0.05) is 16.8 Å². The van der Waals surface area contributed by atoms with Crippen molar-refractivity contribution in [2.75, 3.05) is 6.61 Å². The van der Waals surface area contributed by atoms with E-state index in [0.717, 1.165) is 0 Å². The van der Waals surface area contributed by atoms with E-state index in [-0.39, 0.29) is 17.4 Å². The molecule has 1 aromatic rings. The van der Waals surface area contributed by atoms with Crippen molar-refractivity contribution in [3.63, 3.8) is 0 Å². The van der Waals surface area contributed by atoms with E-state index < -0.39 is 6.72 Å². The Labute approximate surface area is 103 Å². The lowest BCUT2D eigenvalue weighted by Gasteiger charge is -2.16. The van der Waals surface area contributed by atoms with Gasteiger partial charge in [0.2, 0.25) is 0 Å². The molecule has 0 aromatic heterocycles. The van der Waals surface area contributed by atoms with Crippen LogP contribution in [0.3, 0.4) is 0 Å². The van der Waals surface area contributed by atoms with Crippen LogP contribution in [0.5, 0.6) is 5.75 Å². The molecule has 0 fully saturated rings. The molecule has 1 atom stereocenters. The first-order valence-electron chi connectivity index (χ1n) is 4.06. The third kappa shape index (κ3) is 4.27. The van der Waals surface area contributed by atoms with Gasteiger partial charge in [-0.2, -0.15) is 0 Å². The normalized spacial score (nSPS) is 14.7. The topological polar surface area (TPSA) is 38.7 Å². The van der Waals surface area contributed by atoms with Gasteiger partial charge in [-0.3, -0.25) is 4.52 Å². The summed E-state index contributed by atoms with van der Waals surface area (Å²) in [6.07, 6.45) is 0. The van der Waals surface area contributed by atoms with E-state index in [4.69, 9.17) is 44.1 Å². The molecule has 1 aromatic carbocycles. The minimum atomic E-state index is -3.25. The smallest absolute Gasteiger partial charge is 0.377 e. The van der Waals surface area contributed by atoms with E-state index in [2.05, 4.69) is 0 Å². The van der Waals surface area contributed by atoms with Crippen LogP contribution in [0.15, 0.2) is 18.2 Å². The predicted octanol–water partition coefficient (Wildman–Crippen LogP) is 3.63. The van der Waals surface area contributed by atoms with Crippen LogP contribution >= 0.6 is 29.9 Å². The van der Waals surface area contributed by atoms with Crippen LogP contribution < -0.4 is 4.52 Å². The lowest BCUT2D eigenvalue weighted by Crippen LogP contribution is -1.96. The van der Waals surface area contributed by atoms with Gasteiger partial charge in [-0.25, -0.2) is 0 Å². The van der Waals surface area contributed by atoms with E-state index in [0.29, 0.717) is 5.02 Å². The predicted molar refractivity (Wildman–Crippen MR) is 65.2 cm³/mol.